The lowest BCUT2D eigenvalue weighted by Crippen LogP contribution is -2.50. The van der Waals surface area contributed by atoms with Crippen molar-refractivity contribution in [2.75, 3.05) is 33.1 Å². The van der Waals surface area contributed by atoms with Gasteiger partial charge in [0, 0.05) is 27.6 Å². The summed E-state index contributed by atoms with van der Waals surface area (Å²) < 4.78 is 2.11. The topological polar surface area (TPSA) is 9.72 Å². The quantitative estimate of drug-likeness (QED) is 0.681. The fourth-order valence-electron chi connectivity index (χ4n) is 2.43. The molecular weight excluding hydrogens is 378 g/mol. The van der Waals surface area contributed by atoms with Crippen LogP contribution in [-0.2, 0) is 0 Å². The number of rotatable bonds is 1. The maximum absolute atomic E-state index is 5.64. The summed E-state index contributed by atoms with van der Waals surface area (Å²) in [5.41, 5.74) is 1.09. The van der Waals surface area contributed by atoms with Crippen molar-refractivity contribution in [3.63, 3.8) is 0 Å². The smallest absolute Gasteiger partial charge is 0.112 e. The van der Waals surface area contributed by atoms with Gasteiger partial charge >= 0.3 is 0 Å². The summed E-state index contributed by atoms with van der Waals surface area (Å²) in [6.45, 7) is 5.26. The van der Waals surface area contributed by atoms with E-state index in [1.165, 1.54) is 0 Å². The Morgan fingerprint density at radius 3 is 2.39 bits per heavy atom. The first-order chi connectivity index (χ1) is 8.63. The van der Waals surface area contributed by atoms with E-state index in [1.807, 2.05) is 12.1 Å². The minimum Gasteiger partial charge on any atom is -0.336 e. The van der Waals surface area contributed by atoms with E-state index in [1.54, 1.807) is 0 Å². The van der Waals surface area contributed by atoms with Crippen molar-refractivity contribution in [1.82, 2.24) is 14.7 Å². The summed E-state index contributed by atoms with van der Waals surface area (Å²) in [5, 5.41) is 0. The Bertz CT molecular complexity index is 482. The lowest BCUT2D eigenvalue weighted by molar-refractivity contribution is 0.0853. The van der Waals surface area contributed by atoms with E-state index >= 15 is 0 Å². The molecule has 0 saturated carbocycles. The summed E-state index contributed by atoms with van der Waals surface area (Å²) in [4.78, 5) is 8.02. The lowest BCUT2D eigenvalue weighted by atomic mass is 10.2. The summed E-state index contributed by atoms with van der Waals surface area (Å²) in [6.07, 6.45) is 0. The molecule has 3 nitrogen and oxygen atoms in total. The average molecular weight is 391 g/mol. The Morgan fingerprint density at radius 2 is 1.72 bits per heavy atom. The van der Waals surface area contributed by atoms with Crippen LogP contribution in [0.1, 0.15) is 5.56 Å². The zero-order chi connectivity index (χ0) is 12.7. The van der Waals surface area contributed by atoms with E-state index < -0.39 is 0 Å². The Kier molecular flexibility index (Phi) is 3.73. The molecule has 2 aliphatic rings. The van der Waals surface area contributed by atoms with E-state index in [2.05, 4.69) is 52.6 Å². The van der Waals surface area contributed by atoms with Crippen LogP contribution < -0.4 is 0 Å². The van der Waals surface area contributed by atoms with E-state index in [4.69, 9.17) is 12.2 Å². The minimum atomic E-state index is 0.916. The van der Waals surface area contributed by atoms with Crippen molar-refractivity contribution in [3.8, 4) is 0 Å². The van der Waals surface area contributed by atoms with Gasteiger partial charge in [0.15, 0.2) is 0 Å². The van der Waals surface area contributed by atoms with Crippen LogP contribution >= 0.6 is 44.1 Å². The molecule has 0 N–H and O–H groups in total. The Labute approximate surface area is 129 Å². The van der Waals surface area contributed by atoms with Crippen LogP contribution in [0.15, 0.2) is 27.1 Å². The Hall–Kier alpha value is -0.0100. The summed E-state index contributed by atoms with van der Waals surface area (Å²) in [7, 11) is 0. The first kappa shape index (κ1) is 13.0. The van der Waals surface area contributed by atoms with Crippen molar-refractivity contribution in [2.24, 2.45) is 0 Å². The van der Waals surface area contributed by atoms with Crippen molar-refractivity contribution >= 4 is 49.1 Å². The molecule has 0 spiro atoms. The van der Waals surface area contributed by atoms with Crippen LogP contribution in [0.4, 0.5) is 0 Å². The van der Waals surface area contributed by atoms with Gasteiger partial charge in [0.25, 0.3) is 0 Å². The molecule has 2 heterocycles. The normalized spacial score (nSPS) is 26.4. The third-order valence-corrected chi connectivity index (χ3v) is 4.98. The van der Waals surface area contributed by atoms with Gasteiger partial charge in [0.1, 0.15) is 4.99 Å². The Morgan fingerprint density at radius 1 is 1.06 bits per heavy atom. The molecule has 2 unspecified atom stereocenters. The molecule has 0 aliphatic carbocycles. The largest absolute Gasteiger partial charge is 0.336 e. The molecule has 96 valence electrons. The zero-order valence-corrected chi connectivity index (χ0v) is 13.8. The van der Waals surface area contributed by atoms with Crippen LogP contribution in [0, 0.1) is 0 Å². The molecule has 1 aromatic carbocycles. The summed E-state index contributed by atoms with van der Waals surface area (Å²) in [5.74, 6) is 0. The SMILES string of the molecule is S=C(c1cc(Br)ccc1Br)N1CN2CCN(C2)C1. The molecular formula is C12H13Br2N3S. The summed E-state index contributed by atoms with van der Waals surface area (Å²) >= 11 is 12.7. The van der Waals surface area contributed by atoms with E-state index in [0.717, 1.165) is 52.6 Å². The maximum atomic E-state index is 5.64. The molecule has 2 bridgehead atoms. The highest BCUT2D eigenvalue weighted by Crippen LogP contribution is 2.25. The van der Waals surface area contributed by atoms with E-state index in [0.29, 0.717) is 0 Å². The highest BCUT2D eigenvalue weighted by Gasteiger charge is 2.30. The van der Waals surface area contributed by atoms with E-state index in [9.17, 15) is 0 Å². The second-order valence-corrected chi connectivity index (χ2v) is 6.84. The van der Waals surface area contributed by atoms with Crippen molar-refractivity contribution in [2.45, 2.75) is 0 Å². The van der Waals surface area contributed by atoms with Crippen LogP contribution in [-0.4, -0.2) is 52.8 Å². The average Bonchev–Trinajstić information content (AvgIpc) is 2.70. The number of hydrogen-bond acceptors (Lipinski definition) is 3. The molecule has 3 rings (SSSR count). The lowest BCUT2D eigenvalue weighted by Gasteiger charge is -2.36. The predicted molar refractivity (Wildman–Crippen MR) is 83.4 cm³/mol. The molecule has 18 heavy (non-hydrogen) atoms. The molecule has 2 fully saturated rings. The maximum Gasteiger partial charge on any atom is 0.112 e. The fraction of sp³-hybridized carbons (Fsp3) is 0.417. The van der Waals surface area contributed by atoms with Gasteiger partial charge in [-0.2, -0.15) is 0 Å². The molecule has 2 atom stereocenters. The minimum absolute atomic E-state index is 0.916. The van der Waals surface area contributed by atoms with Crippen LogP contribution in [0.25, 0.3) is 0 Å². The standard InChI is InChI=1S/C12H13Br2N3S/c13-9-1-2-11(14)10(5-9)12(18)17-7-15-3-4-16(6-15)8-17/h1-2,5H,3-4,6-8H2. The van der Waals surface area contributed by atoms with Crippen molar-refractivity contribution in [3.05, 3.63) is 32.7 Å². The van der Waals surface area contributed by atoms with Crippen LogP contribution in [0.2, 0.25) is 0 Å². The van der Waals surface area contributed by atoms with Gasteiger partial charge in [-0.25, -0.2) is 0 Å². The second kappa shape index (κ2) is 5.17. The Balaban J connectivity index is 1.84. The molecule has 0 aromatic heterocycles. The second-order valence-electron chi connectivity index (χ2n) is 4.68. The van der Waals surface area contributed by atoms with Gasteiger partial charge in [-0.05, 0) is 18.2 Å². The molecule has 1 aromatic rings. The highest BCUT2D eigenvalue weighted by molar-refractivity contribution is 9.11. The van der Waals surface area contributed by atoms with Gasteiger partial charge in [-0.3, -0.25) is 9.80 Å². The monoisotopic (exact) mass is 389 g/mol. The molecule has 6 heteroatoms. The van der Waals surface area contributed by atoms with Gasteiger partial charge in [0.2, 0.25) is 0 Å². The number of benzene rings is 1. The molecule has 0 amide bonds. The number of thiocarbonyl (C=S) groups is 1. The number of halogens is 2. The fourth-order valence-corrected chi connectivity index (χ4v) is 3.64. The zero-order valence-electron chi connectivity index (χ0n) is 9.77. The number of fused-ring (bicyclic) bond motifs is 2. The van der Waals surface area contributed by atoms with E-state index in [-0.39, 0.29) is 0 Å². The van der Waals surface area contributed by atoms with Crippen molar-refractivity contribution in [1.29, 1.82) is 0 Å². The van der Waals surface area contributed by atoms with Gasteiger partial charge in [0.05, 0.1) is 20.0 Å². The first-order valence-corrected chi connectivity index (χ1v) is 7.82. The van der Waals surface area contributed by atoms with Gasteiger partial charge < -0.3 is 4.90 Å². The number of hydrogen-bond donors (Lipinski definition) is 0. The highest BCUT2D eigenvalue weighted by atomic mass is 79.9. The number of nitrogens with zero attached hydrogens (tertiary/aromatic N) is 3. The van der Waals surface area contributed by atoms with Crippen LogP contribution in [0.5, 0.6) is 0 Å². The molecule has 2 aliphatic heterocycles. The van der Waals surface area contributed by atoms with Gasteiger partial charge in [-0.15, -0.1) is 0 Å². The third-order valence-electron chi connectivity index (χ3n) is 3.32. The van der Waals surface area contributed by atoms with Gasteiger partial charge in [-0.1, -0.05) is 44.1 Å². The summed E-state index contributed by atoms with van der Waals surface area (Å²) in [6, 6.07) is 6.13. The predicted octanol–water partition coefficient (Wildman–Crippen LogP) is 2.69. The first-order valence-electron chi connectivity index (χ1n) is 5.82. The third kappa shape index (κ3) is 2.49. The van der Waals surface area contributed by atoms with Crippen LogP contribution in [0.3, 0.4) is 0 Å². The van der Waals surface area contributed by atoms with Crippen molar-refractivity contribution < 1.29 is 0 Å². The molecule has 0 radical (unpaired) electrons. The molecule has 2 saturated heterocycles.